The highest BCUT2D eigenvalue weighted by atomic mass is 35.5. The van der Waals surface area contributed by atoms with Crippen molar-refractivity contribution in [2.24, 2.45) is 0 Å². The van der Waals surface area contributed by atoms with Crippen molar-refractivity contribution < 1.29 is 0 Å². The molecule has 1 N–H and O–H groups in total. The van der Waals surface area contributed by atoms with Gasteiger partial charge < -0.3 is 10.2 Å². The van der Waals surface area contributed by atoms with Crippen molar-refractivity contribution in [2.45, 2.75) is 39.7 Å². The van der Waals surface area contributed by atoms with Crippen LogP contribution in [-0.4, -0.2) is 50.5 Å². The summed E-state index contributed by atoms with van der Waals surface area (Å²) in [5.74, 6) is 0.732. The maximum absolute atomic E-state index is 5.97. The second-order valence-corrected chi connectivity index (χ2v) is 7.31. The van der Waals surface area contributed by atoms with Gasteiger partial charge in [0.2, 0.25) is 0 Å². The van der Waals surface area contributed by atoms with Gasteiger partial charge in [0.1, 0.15) is 11.8 Å². The van der Waals surface area contributed by atoms with E-state index in [2.05, 4.69) is 50.9 Å². The maximum atomic E-state index is 5.97. The van der Waals surface area contributed by atoms with E-state index in [1.54, 1.807) is 6.20 Å². The van der Waals surface area contributed by atoms with Gasteiger partial charge in [0.25, 0.3) is 0 Å². The standard InChI is InChI=1S/C21H27ClN6.ClH/c1-4-28(5-2)12-6-7-15(3)26-20-19-21(25-14-24-20)27-18(13-23-19)16-8-10-17(22)11-9-16;/h8-11,13-15H,4-7,12H2,1-3H3,(H,24,25,26,27);1H. The summed E-state index contributed by atoms with van der Waals surface area (Å²) in [4.78, 5) is 20.4. The molecule has 0 amide bonds. The van der Waals surface area contributed by atoms with E-state index in [0.717, 1.165) is 49.6 Å². The molecule has 0 fully saturated rings. The fraction of sp³-hybridized carbons (Fsp3) is 0.429. The summed E-state index contributed by atoms with van der Waals surface area (Å²) < 4.78 is 0. The first-order chi connectivity index (χ1) is 13.6. The number of benzene rings is 1. The zero-order chi connectivity index (χ0) is 19.9. The number of nitrogens with zero attached hydrogens (tertiary/aromatic N) is 5. The zero-order valence-corrected chi connectivity index (χ0v) is 18.7. The normalized spacial score (nSPS) is 12.0. The Hall–Kier alpha value is -2.02. The first-order valence-electron chi connectivity index (χ1n) is 9.83. The SMILES string of the molecule is CCN(CC)CCCC(C)Nc1ncnc2nc(-c3ccc(Cl)cc3)cnc12.Cl. The third-order valence-corrected chi connectivity index (χ3v) is 5.13. The molecular formula is C21H28Cl2N6. The molecule has 0 aliphatic rings. The molecule has 2 heterocycles. The Morgan fingerprint density at radius 1 is 1.07 bits per heavy atom. The third-order valence-electron chi connectivity index (χ3n) is 4.87. The fourth-order valence-corrected chi connectivity index (χ4v) is 3.30. The van der Waals surface area contributed by atoms with Crippen LogP contribution in [0.25, 0.3) is 22.4 Å². The highest BCUT2D eigenvalue weighted by Gasteiger charge is 2.11. The molecule has 8 heteroatoms. The molecule has 3 rings (SSSR count). The Morgan fingerprint density at radius 2 is 1.79 bits per heavy atom. The molecule has 3 aromatic rings. The van der Waals surface area contributed by atoms with E-state index in [0.29, 0.717) is 22.2 Å². The van der Waals surface area contributed by atoms with Gasteiger partial charge in [0.15, 0.2) is 11.5 Å². The fourth-order valence-electron chi connectivity index (χ4n) is 3.17. The van der Waals surface area contributed by atoms with Gasteiger partial charge in [-0.1, -0.05) is 37.6 Å². The number of hydrogen-bond acceptors (Lipinski definition) is 6. The number of aromatic nitrogens is 4. The van der Waals surface area contributed by atoms with Crippen LogP contribution in [0, 0.1) is 0 Å². The number of anilines is 1. The second-order valence-electron chi connectivity index (χ2n) is 6.87. The van der Waals surface area contributed by atoms with E-state index < -0.39 is 0 Å². The largest absolute Gasteiger partial charge is 0.366 e. The molecule has 29 heavy (non-hydrogen) atoms. The highest BCUT2D eigenvalue weighted by molar-refractivity contribution is 6.30. The van der Waals surface area contributed by atoms with E-state index in [4.69, 9.17) is 11.6 Å². The predicted molar refractivity (Wildman–Crippen MR) is 123 cm³/mol. The van der Waals surface area contributed by atoms with Gasteiger partial charge in [-0.25, -0.2) is 19.9 Å². The minimum absolute atomic E-state index is 0. The number of nitrogens with one attached hydrogen (secondary N) is 1. The number of fused-ring (bicyclic) bond motifs is 1. The minimum atomic E-state index is 0. The van der Waals surface area contributed by atoms with Gasteiger partial charge in [-0.05, 0) is 51.5 Å². The van der Waals surface area contributed by atoms with Crippen molar-refractivity contribution >= 4 is 41.0 Å². The molecule has 0 radical (unpaired) electrons. The van der Waals surface area contributed by atoms with Crippen LogP contribution in [0.3, 0.4) is 0 Å². The van der Waals surface area contributed by atoms with Crippen LogP contribution < -0.4 is 5.32 Å². The summed E-state index contributed by atoms with van der Waals surface area (Å²) in [6.07, 6.45) is 5.50. The van der Waals surface area contributed by atoms with Gasteiger partial charge >= 0.3 is 0 Å². The molecule has 0 aliphatic carbocycles. The lowest BCUT2D eigenvalue weighted by Gasteiger charge is -2.20. The molecule has 1 aromatic carbocycles. The summed E-state index contributed by atoms with van der Waals surface area (Å²) in [7, 11) is 0. The Labute approximate surface area is 183 Å². The van der Waals surface area contributed by atoms with E-state index in [1.165, 1.54) is 6.33 Å². The van der Waals surface area contributed by atoms with Crippen molar-refractivity contribution in [2.75, 3.05) is 25.0 Å². The molecular weight excluding hydrogens is 407 g/mol. The predicted octanol–water partition coefficient (Wildman–Crippen LogP) is 5.08. The Bertz CT molecular complexity index is 899. The molecule has 0 bridgehead atoms. The van der Waals surface area contributed by atoms with Crippen LogP contribution in [0.15, 0.2) is 36.8 Å². The summed E-state index contributed by atoms with van der Waals surface area (Å²) in [5.41, 5.74) is 2.99. The Kier molecular flexibility index (Phi) is 9.01. The third kappa shape index (κ3) is 6.23. The number of rotatable bonds is 9. The number of hydrogen-bond donors (Lipinski definition) is 1. The minimum Gasteiger partial charge on any atom is -0.366 e. The monoisotopic (exact) mass is 434 g/mol. The summed E-state index contributed by atoms with van der Waals surface area (Å²) in [6, 6.07) is 7.84. The molecule has 0 aliphatic heterocycles. The quantitative estimate of drug-likeness (QED) is 0.505. The van der Waals surface area contributed by atoms with Crippen LogP contribution in [0.2, 0.25) is 5.02 Å². The van der Waals surface area contributed by atoms with Gasteiger partial charge in [0.05, 0.1) is 11.9 Å². The smallest absolute Gasteiger partial charge is 0.184 e. The van der Waals surface area contributed by atoms with Crippen LogP contribution in [0.1, 0.15) is 33.6 Å². The summed E-state index contributed by atoms with van der Waals surface area (Å²) in [5, 5.41) is 4.17. The summed E-state index contributed by atoms with van der Waals surface area (Å²) >= 11 is 5.97. The van der Waals surface area contributed by atoms with Gasteiger partial charge in [0, 0.05) is 16.6 Å². The topological polar surface area (TPSA) is 66.8 Å². The Balaban J connectivity index is 0.00000300. The molecule has 0 spiro atoms. The van der Waals surface area contributed by atoms with E-state index in [9.17, 15) is 0 Å². The molecule has 1 unspecified atom stereocenters. The van der Waals surface area contributed by atoms with Crippen molar-refractivity contribution in [1.82, 2.24) is 24.8 Å². The first-order valence-corrected chi connectivity index (χ1v) is 10.2. The molecule has 156 valence electrons. The molecule has 0 saturated carbocycles. The van der Waals surface area contributed by atoms with E-state index >= 15 is 0 Å². The lowest BCUT2D eigenvalue weighted by molar-refractivity contribution is 0.295. The van der Waals surface area contributed by atoms with Gasteiger partial charge in [-0.2, -0.15) is 0 Å². The van der Waals surface area contributed by atoms with Crippen molar-refractivity contribution in [3.05, 3.63) is 41.8 Å². The van der Waals surface area contributed by atoms with E-state index in [1.807, 2.05) is 24.3 Å². The van der Waals surface area contributed by atoms with Crippen molar-refractivity contribution in [3.8, 4) is 11.3 Å². The lowest BCUT2D eigenvalue weighted by Crippen LogP contribution is -2.25. The number of halogens is 2. The van der Waals surface area contributed by atoms with Crippen molar-refractivity contribution in [3.63, 3.8) is 0 Å². The maximum Gasteiger partial charge on any atom is 0.184 e. The second kappa shape index (κ2) is 11.2. The molecule has 6 nitrogen and oxygen atoms in total. The lowest BCUT2D eigenvalue weighted by atomic mass is 10.1. The first kappa shape index (κ1) is 23.3. The highest BCUT2D eigenvalue weighted by Crippen LogP contribution is 2.23. The zero-order valence-electron chi connectivity index (χ0n) is 17.1. The van der Waals surface area contributed by atoms with E-state index in [-0.39, 0.29) is 12.4 Å². The van der Waals surface area contributed by atoms with Gasteiger partial charge in [-0.3, -0.25) is 0 Å². The molecule has 2 aromatic heterocycles. The van der Waals surface area contributed by atoms with Crippen LogP contribution in [0.4, 0.5) is 5.82 Å². The van der Waals surface area contributed by atoms with Crippen molar-refractivity contribution in [1.29, 1.82) is 0 Å². The van der Waals surface area contributed by atoms with Crippen LogP contribution >= 0.6 is 24.0 Å². The Morgan fingerprint density at radius 3 is 2.48 bits per heavy atom. The van der Waals surface area contributed by atoms with Crippen LogP contribution in [-0.2, 0) is 0 Å². The molecule has 0 saturated heterocycles. The van der Waals surface area contributed by atoms with Gasteiger partial charge in [-0.15, -0.1) is 12.4 Å². The summed E-state index contributed by atoms with van der Waals surface area (Å²) in [6.45, 7) is 9.89. The average molecular weight is 435 g/mol. The average Bonchev–Trinajstić information content (AvgIpc) is 2.71. The van der Waals surface area contributed by atoms with Crippen LogP contribution in [0.5, 0.6) is 0 Å². The molecule has 1 atom stereocenters.